The molecule has 2 amide bonds. The van der Waals surface area contributed by atoms with Crippen molar-refractivity contribution < 1.29 is 18.0 Å². The molecule has 0 bridgehead atoms. The summed E-state index contributed by atoms with van der Waals surface area (Å²) in [5.41, 5.74) is 3.53. The maximum Gasteiger partial charge on any atom is 0.264 e. The van der Waals surface area contributed by atoms with Crippen LogP contribution in [0.2, 0.25) is 0 Å². The largest absolute Gasteiger partial charge is 0.339 e. The Morgan fingerprint density at radius 1 is 0.946 bits per heavy atom. The smallest absolute Gasteiger partial charge is 0.264 e. The van der Waals surface area contributed by atoms with Gasteiger partial charge in [0.2, 0.25) is 5.91 Å². The Morgan fingerprint density at radius 3 is 2.30 bits per heavy atom. The number of pyridine rings is 1. The molecule has 37 heavy (non-hydrogen) atoms. The highest BCUT2D eigenvalue weighted by molar-refractivity contribution is 7.93. The number of piperazine rings is 1. The quantitative estimate of drug-likeness (QED) is 0.536. The van der Waals surface area contributed by atoms with Crippen LogP contribution in [0.25, 0.3) is 16.5 Å². The van der Waals surface area contributed by atoms with Gasteiger partial charge in [0.1, 0.15) is 4.90 Å². The lowest BCUT2D eigenvalue weighted by Crippen LogP contribution is -2.51. The summed E-state index contributed by atoms with van der Waals surface area (Å²) < 4.78 is 29.1. The van der Waals surface area contributed by atoms with E-state index in [4.69, 9.17) is 0 Å². The number of benzene rings is 2. The average molecular weight is 517 g/mol. The molecule has 2 aromatic carbocycles. The minimum absolute atomic E-state index is 0.109. The molecule has 2 aliphatic carbocycles. The topological polar surface area (TPSA) is 99.7 Å². The lowest BCUT2D eigenvalue weighted by molar-refractivity contribution is -0.134. The first kappa shape index (κ1) is 23.7. The first-order valence-electron chi connectivity index (χ1n) is 12.7. The summed E-state index contributed by atoms with van der Waals surface area (Å²) in [6, 6.07) is 13.6. The molecule has 0 radical (unpaired) electrons. The van der Waals surface area contributed by atoms with E-state index in [0.717, 1.165) is 36.6 Å². The summed E-state index contributed by atoms with van der Waals surface area (Å²) in [7, 11) is -3.89. The number of sulfonamides is 1. The summed E-state index contributed by atoms with van der Waals surface area (Å²) in [5.74, 6) is 0.274. The number of hydrogen-bond donors (Lipinski definition) is 1. The van der Waals surface area contributed by atoms with Gasteiger partial charge < -0.3 is 9.80 Å². The van der Waals surface area contributed by atoms with Crippen molar-refractivity contribution in [3.63, 3.8) is 0 Å². The highest BCUT2D eigenvalue weighted by Crippen LogP contribution is 2.32. The zero-order valence-electron chi connectivity index (χ0n) is 20.4. The summed E-state index contributed by atoms with van der Waals surface area (Å²) in [5, 5.41) is 0.771. The Morgan fingerprint density at radius 2 is 1.65 bits per heavy atom. The molecule has 1 aromatic heterocycles. The fraction of sp³-hybridized carbons (Fsp3) is 0.321. The van der Waals surface area contributed by atoms with Crippen LogP contribution >= 0.6 is 0 Å². The Hall–Kier alpha value is -3.72. The fourth-order valence-corrected chi connectivity index (χ4v) is 6.11. The maximum absolute atomic E-state index is 13.2. The first-order valence-corrected chi connectivity index (χ1v) is 14.2. The highest BCUT2D eigenvalue weighted by Gasteiger charge is 2.35. The van der Waals surface area contributed by atoms with E-state index < -0.39 is 10.0 Å². The van der Waals surface area contributed by atoms with Crippen LogP contribution in [0.4, 0.5) is 5.69 Å². The number of aromatic nitrogens is 1. The van der Waals surface area contributed by atoms with Crippen molar-refractivity contribution in [2.75, 3.05) is 30.9 Å². The predicted molar refractivity (Wildman–Crippen MR) is 141 cm³/mol. The van der Waals surface area contributed by atoms with E-state index in [2.05, 4.69) is 15.8 Å². The Labute approximate surface area is 216 Å². The molecule has 0 atom stereocenters. The Bertz CT molecular complexity index is 1520. The molecule has 3 aliphatic rings. The lowest BCUT2D eigenvalue weighted by Gasteiger charge is -2.35. The third-order valence-electron chi connectivity index (χ3n) is 7.33. The van der Waals surface area contributed by atoms with Gasteiger partial charge in [0.15, 0.2) is 0 Å². The molecule has 1 saturated heterocycles. The zero-order valence-corrected chi connectivity index (χ0v) is 21.2. The van der Waals surface area contributed by atoms with Crippen LogP contribution in [0.5, 0.6) is 0 Å². The number of fused-ring (bicyclic) bond motifs is 1. The second kappa shape index (κ2) is 9.30. The number of rotatable bonds is 6. The molecule has 8 nitrogen and oxygen atoms in total. The van der Waals surface area contributed by atoms with E-state index in [-0.39, 0.29) is 22.6 Å². The van der Waals surface area contributed by atoms with Crippen molar-refractivity contribution in [2.24, 2.45) is 5.92 Å². The molecule has 6 rings (SSSR count). The van der Waals surface area contributed by atoms with Crippen molar-refractivity contribution in [1.82, 2.24) is 14.8 Å². The highest BCUT2D eigenvalue weighted by atomic mass is 32.2. The van der Waals surface area contributed by atoms with E-state index in [9.17, 15) is 18.0 Å². The number of allylic oxidation sites excluding steroid dienone is 2. The molecule has 0 spiro atoms. The maximum atomic E-state index is 13.2. The van der Waals surface area contributed by atoms with Crippen molar-refractivity contribution in [2.45, 2.75) is 30.6 Å². The predicted octanol–water partition coefficient (Wildman–Crippen LogP) is 3.91. The van der Waals surface area contributed by atoms with Gasteiger partial charge in [-0.3, -0.25) is 19.3 Å². The van der Waals surface area contributed by atoms with Crippen LogP contribution in [0, 0.1) is 5.92 Å². The van der Waals surface area contributed by atoms with Crippen molar-refractivity contribution >= 4 is 44.0 Å². The third kappa shape index (κ3) is 4.71. The molecule has 0 unspecified atom stereocenters. The molecule has 2 heterocycles. The number of carbonyl (C=O) groups excluding carboxylic acids is 2. The van der Waals surface area contributed by atoms with Gasteiger partial charge in [-0.2, -0.15) is 0 Å². The molecule has 1 N–H and O–H groups in total. The van der Waals surface area contributed by atoms with Crippen LogP contribution in [0.1, 0.15) is 41.6 Å². The van der Waals surface area contributed by atoms with Crippen molar-refractivity contribution in [3.05, 3.63) is 71.9 Å². The number of nitrogens with one attached hydrogen (secondary N) is 1. The van der Waals surface area contributed by atoms with Crippen LogP contribution < -0.4 is 4.72 Å². The zero-order chi connectivity index (χ0) is 25.6. The third-order valence-corrected chi connectivity index (χ3v) is 8.74. The number of hydrogen-bond acceptors (Lipinski definition) is 5. The van der Waals surface area contributed by atoms with E-state index >= 15 is 0 Å². The monoisotopic (exact) mass is 516 g/mol. The Kier molecular flexibility index (Phi) is 5.95. The molecule has 1 saturated carbocycles. The fourth-order valence-electron chi connectivity index (χ4n) is 4.87. The van der Waals surface area contributed by atoms with E-state index in [1.54, 1.807) is 47.5 Å². The molecule has 2 fully saturated rings. The number of para-hydroxylation sites is 1. The van der Waals surface area contributed by atoms with Crippen LogP contribution in [-0.2, 0) is 14.8 Å². The average Bonchev–Trinajstić information content (AvgIpc) is 3.72. The normalized spacial score (nSPS) is 17.8. The van der Waals surface area contributed by atoms with E-state index in [1.807, 2.05) is 17.0 Å². The van der Waals surface area contributed by atoms with Gasteiger partial charge in [-0.1, -0.05) is 18.2 Å². The van der Waals surface area contributed by atoms with Crippen molar-refractivity contribution in [3.8, 4) is 0 Å². The Balaban J connectivity index is 1.14. The van der Waals surface area contributed by atoms with E-state index in [1.165, 1.54) is 5.57 Å². The van der Waals surface area contributed by atoms with Gasteiger partial charge in [0, 0.05) is 54.9 Å². The van der Waals surface area contributed by atoms with E-state index in [0.29, 0.717) is 42.9 Å². The minimum Gasteiger partial charge on any atom is -0.339 e. The molecule has 190 valence electrons. The lowest BCUT2D eigenvalue weighted by atomic mass is 9.92. The minimum atomic E-state index is -3.89. The summed E-state index contributed by atoms with van der Waals surface area (Å²) in [4.78, 5) is 33.4. The number of carbonyl (C=O) groups is 2. The van der Waals surface area contributed by atoms with Crippen LogP contribution in [0.15, 0.2) is 65.7 Å². The van der Waals surface area contributed by atoms with Gasteiger partial charge in [0.25, 0.3) is 15.9 Å². The number of nitrogens with zero attached hydrogens (tertiary/aromatic N) is 3. The second-order valence-corrected chi connectivity index (χ2v) is 11.5. The van der Waals surface area contributed by atoms with Gasteiger partial charge in [0.05, 0.1) is 5.52 Å². The second-order valence-electron chi connectivity index (χ2n) is 9.89. The van der Waals surface area contributed by atoms with Gasteiger partial charge in [-0.25, -0.2) is 8.42 Å². The molecule has 3 aromatic rings. The summed E-state index contributed by atoms with van der Waals surface area (Å²) in [6.07, 6.45) is 7.93. The van der Waals surface area contributed by atoms with Crippen molar-refractivity contribution in [1.29, 1.82) is 0 Å². The van der Waals surface area contributed by atoms with Gasteiger partial charge in [-0.15, -0.1) is 0 Å². The SMILES string of the molecule is O=C(c1ccc(NS(=O)(=O)c2cccc3cc(C4=CCC4)cnc23)cc1)N1CCN(C(=O)C2CC2)CC1. The standard InChI is InChI=1S/C28H28N4O4S/c33-27(20-7-8-20)31-13-15-32(16-14-31)28(34)21-9-11-24(12-10-21)30-37(35,36)25-6-2-5-22-17-23(18-29-26(22)25)19-3-1-4-19/h2-3,5-6,9-12,17-18,20,30H,1,4,7-8,13-16H2. The number of amides is 2. The van der Waals surface area contributed by atoms with Crippen LogP contribution in [0.3, 0.4) is 0 Å². The van der Waals surface area contributed by atoms with Gasteiger partial charge in [-0.05, 0) is 73.2 Å². The molecular formula is C28H28N4O4S. The first-order chi connectivity index (χ1) is 17.9. The molecule has 9 heteroatoms. The number of anilines is 1. The van der Waals surface area contributed by atoms with Crippen LogP contribution in [-0.4, -0.2) is 61.2 Å². The molecular weight excluding hydrogens is 488 g/mol. The summed E-state index contributed by atoms with van der Waals surface area (Å²) in [6.45, 7) is 2.10. The molecule has 1 aliphatic heterocycles. The van der Waals surface area contributed by atoms with Gasteiger partial charge >= 0.3 is 0 Å². The summed E-state index contributed by atoms with van der Waals surface area (Å²) >= 11 is 0.